The van der Waals surface area contributed by atoms with Crippen LogP contribution in [0.25, 0.3) is 0 Å². The minimum absolute atomic E-state index is 0.00648. The number of carboxylic acids is 1. The van der Waals surface area contributed by atoms with Crippen molar-refractivity contribution in [2.24, 2.45) is 11.3 Å². The fraction of sp³-hybridized carbons (Fsp3) is 0.692. The summed E-state index contributed by atoms with van der Waals surface area (Å²) in [7, 11) is 0. The molecule has 0 bridgehead atoms. The van der Waals surface area contributed by atoms with E-state index < -0.39 is 11.4 Å². The average molecular weight is 240 g/mol. The average Bonchev–Trinajstić information content (AvgIpc) is 2.57. The maximum atomic E-state index is 11.9. The molecule has 4 heteroatoms. The minimum Gasteiger partial charge on any atom is -0.481 e. The van der Waals surface area contributed by atoms with Crippen LogP contribution in [-0.4, -0.2) is 28.6 Å². The molecule has 2 N–H and O–H groups in total. The first-order valence-electron chi connectivity index (χ1n) is 6.07. The zero-order valence-electron chi connectivity index (χ0n) is 10.2. The molecule has 17 heavy (non-hydrogen) atoms. The molecule has 0 saturated heterocycles. The van der Waals surface area contributed by atoms with Crippen LogP contribution < -0.4 is 0 Å². The van der Waals surface area contributed by atoms with Gasteiger partial charge >= 0.3 is 5.97 Å². The van der Waals surface area contributed by atoms with Gasteiger partial charge in [0.05, 0.1) is 12.0 Å². The summed E-state index contributed by atoms with van der Waals surface area (Å²) >= 11 is 0. The van der Waals surface area contributed by atoms with Gasteiger partial charge in [-0.25, -0.2) is 0 Å². The Kier molecular flexibility index (Phi) is 4.87. The Balaban J connectivity index is 2.85. The van der Waals surface area contributed by atoms with E-state index in [-0.39, 0.29) is 24.7 Å². The number of hydrogen-bond donors (Lipinski definition) is 2. The van der Waals surface area contributed by atoms with E-state index in [2.05, 4.69) is 0 Å². The van der Waals surface area contributed by atoms with Crippen molar-refractivity contribution >= 4 is 11.8 Å². The Morgan fingerprint density at radius 2 is 2.24 bits per heavy atom. The number of allylic oxidation sites excluding steroid dienone is 2. The van der Waals surface area contributed by atoms with E-state index in [0.29, 0.717) is 19.3 Å². The van der Waals surface area contributed by atoms with Gasteiger partial charge in [-0.15, -0.1) is 0 Å². The van der Waals surface area contributed by atoms with Crippen LogP contribution in [0.15, 0.2) is 12.2 Å². The van der Waals surface area contributed by atoms with Crippen molar-refractivity contribution in [3.8, 4) is 0 Å². The van der Waals surface area contributed by atoms with Gasteiger partial charge in [0.25, 0.3) is 0 Å². The molecule has 1 aliphatic rings. The summed E-state index contributed by atoms with van der Waals surface area (Å²) in [6.45, 7) is 1.74. The summed E-state index contributed by atoms with van der Waals surface area (Å²) in [4.78, 5) is 22.7. The monoisotopic (exact) mass is 240 g/mol. The molecule has 4 nitrogen and oxygen atoms in total. The number of carboxylic acid groups (broad SMARTS) is 1. The number of Topliss-reactive ketones (excluding diaryl/α,β-unsaturated/α-hetero) is 1. The molecule has 0 spiro atoms. The third kappa shape index (κ3) is 2.94. The topological polar surface area (TPSA) is 74.6 Å². The Hall–Kier alpha value is -1.16. The summed E-state index contributed by atoms with van der Waals surface area (Å²) in [5.41, 5.74) is -0.857. The van der Waals surface area contributed by atoms with Gasteiger partial charge in [0.2, 0.25) is 0 Å². The molecule has 0 aromatic heterocycles. The molecule has 1 saturated carbocycles. The fourth-order valence-electron chi connectivity index (χ4n) is 2.59. The standard InChI is InChI=1S/C13H20O4/c1-2-3-4-7-13(9-14)10(8-12(16)17)5-6-11(13)15/h3-4,10,14H,2,5-9H2,1H3,(H,16,17)/b4-3-/t10-,13-/m1/s1. The van der Waals surface area contributed by atoms with Crippen LogP contribution in [0, 0.1) is 11.3 Å². The number of ketones is 1. The van der Waals surface area contributed by atoms with E-state index in [1.807, 2.05) is 19.1 Å². The largest absolute Gasteiger partial charge is 0.481 e. The Bertz CT molecular complexity index is 321. The van der Waals surface area contributed by atoms with Crippen molar-refractivity contribution in [3.63, 3.8) is 0 Å². The van der Waals surface area contributed by atoms with Gasteiger partial charge in [-0.1, -0.05) is 19.1 Å². The first kappa shape index (κ1) is 13.9. The van der Waals surface area contributed by atoms with Gasteiger partial charge in [0.15, 0.2) is 0 Å². The van der Waals surface area contributed by atoms with Crippen LogP contribution in [0.5, 0.6) is 0 Å². The smallest absolute Gasteiger partial charge is 0.303 e. The van der Waals surface area contributed by atoms with Crippen LogP contribution in [0.4, 0.5) is 0 Å². The second kappa shape index (κ2) is 5.96. The van der Waals surface area contributed by atoms with Crippen LogP contribution in [0.3, 0.4) is 0 Å². The number of aliphatic carboxylic acids is 1. The van der Waals surface area contributed by atoms with Crippen molar-refractivity contribution in [1.82, 2.24) is 0 Å². The summed E-state index contributed by atoms with van der Waals surface area (Å²) in [6.07, 6.45) is 6.08. The van der Waals surface area contributed by atoms with Crippen LogP contribution in [0.2, 0.25) is 0 Å². The van der Waals surface area contributed by atoms with Crippen molar-refractivity contribution in [2.75, 3.05) is 6.61 Å². The number of hydrogen-bond acceptors (Lipinski definition) is 3. The summed E-state index contributed by atoms with van der Waals surface area (Å²) in [6, 6.07) is 0. The van der Waals surface area contributed by atoms with E-state index in [4.69, 9.17) is 5.11 Å². The van der Waals surface area contributed by atoms with Crippen molar-refractivity contribution < 1.29 is 19.8 Å². The van der Waals surface area contributed by atoms with E-state index in [1.165, 1.54) is 0 Å². The van der Waals surface area contributed by atoms with E-state index in [9.17, 15) is 14.7 Å². The van der Waals surface area contributed by atoms with Gasteiger partial charge in [-0.2, -0.15) is 0 Å². The number of carbonyl (C=O) groups is 2. The number of rotatable bonds is 6. The fourth-order valence-corrected chi connectivity index (χ4v) is 2.59. The number of aliphatic hydroxyl groups is 1. The summed E-state index contributed by atoms with van der Waals surface area (Å²) in [5, 5.41) is 18.4. The van der Waals surface area contributed by atoms with Crippen LogP contribution in [-0.2, 0) is 9.59 Å². The van der Waals surface area contributed by atoms with E-state index >= 15 is 0 Å². The highest BCUT2D eigenvalue weighted by molar-refractivity contribution is 5.88. The SMILES string of the molecule is CC/C=C\C[C@]1(CO)C(=O)CC[C@@H]1CC(=O)O. The first-order chi connectivity index (χ1) is 8.06. The normalized spacial score (nSPS) is 29.1. The molecule has 0 aliphatic heterocycles. The second-order valence-electron chi connectivity index (χ2n) is 4.65. The highest BCUT2D eigenvalue weighted by atomic mass is 16.4. The van der Waals surface area contributed by atoms with E-state index in [0.717, 1.165) is 6.42 Å². The highest BCUT2D eigenvalue weighted by Gasteiger charge is 2.48. The molecule has 0 aromatic rings. The van der Waals surface area contributed by atoms with Crippen molar-refractivity contribution in [1.29, 1.82) is 0 Å². The summed E-state index contributed by atoms with van der Waals surface area (Å²) < 4.78 is 0. The van der Waals surface area contributed by atoms with Gasteiger partial charge in [0, 0.05) is 12.8 Å². The maximum Gasteiger partial charge on any atom is 0.303 e. The highest BCUT2D eigenvalue weighted by Crippen LogP contribution is 2.45. The molecule has 1 aliphatic carbocycles. The number of aliphatic hydroxyl groups excluding tert-OH is 1. The predicted octanol–water partition coefficient (Wildman–Crippen LogP) is 1.78. The Labute approximate surface area is 101 Å². The molecule has 0 aromatic carbocycles. The van der Waals surface area contributed by atoms with E-state index in [1.54, 1.807) is 0 Å². The maximum absolute atomic E-state index is 11.9. The van der Waals surface area contributed by atoms with Gasteiger partial charge in [-0.3, -0.25) is 9.59 Å². The minimum atomic E-state index is -0.901. The number of carbonyl (C=O) groups excluding carboxylic acids is 1. The predicted molar refractivity (Wildman–Crippen MR) is 63.6 cm³/mol. The molecule has 1 rings (SSSR count). The third-order valence-corrected chi connectivity index (χ3v) is 3.64. The van der Waals surface area contributed by atoms with Gasteiger partial charge < -0.3 is 10.2 Å². The molecule has 0 heterocycles. The van der Waals surface area contributed by atoms with Crippen molar-refractivity contribution in [3.05, 3.63) is 12.2 Å². The lowest BCUT2D eigenvalue weighted by Crippen LogP contribution is -2.37. The molecule has 0 amide bonds. The van der Waals surface area contributed by atoms with Crippen molar-refractivity contribution in [2.45, 2.75) is 39.0 Å². The van der Waals surface area contributed by atoms with Gasteiger partial charge in [0.1, 0.15) is 5.78 Å². The summed E-state index contributed by atoms with van der Waals surface area (Å²) in [5.74, 6) is -1.13. The molecule has 0 radical (unpaired) electrons. The lowest BCUT2D eigenvalue weighted by Gasteiger charge is -2.30. The molecular formula is C13H20O4. The van der Waals surface area contributed by atoms with Gasteiger partial charge in [-0.05, 0) is 25.2 Å². The molecule has 2 atom stereocenters. The lowest BCUT2D eigenvalue weighted by molar-refractivity contribution is -0.140. The second-order valence-corrected chi connectivity index (χ2v) is 4.65. The molecular weight excluding hydrogens is 220 g/mol. The van der Waals surface area contributed by atoms with Crippen LogP contribution in [0.1, 0.15) is 39.0 Å². The lowest BCUT2D eigenvalue weighted by atomic mass is 9.73. The molecule has 96 valence electrons. The Morgan fingerprint density at radius 3 is 2.76 bits per heavy atom. The third-order valence-electron chi connectivity index (χ3n) is 3.64. The zero-order valence-corrected chi connectivity index (χ0v) is 10.2. The van der Waals surface area contributed by atoms with Crippen LogP contribution >= 0.6 is 0 Å². The first-order valence-corrected chi connectivity index (χ1v) is 6.07. The Morgan fingerprint density at radius 1 is 1.53 bits per heavy atom. The zero-order chi connectivity index (χ0) is 12.9. The quantitative estimate of drug-likeness (QED) is 0.694. The molecule has 1 fully saturated rings. The molecule has 0 unspecified atom stereocenters.